The maximum absolute atomic E-state index is 5.48. The first kappa shape index (κ1) is 16.5. The zero-order valence-corrected chi connectivity index (χ0v) is 16.3. The summed E-state index contributed by atoms with van der Waals surface area (Å²) >= 11 is 1.82. The smallest absolute Gasteiger partial charge is 0.213 e. The Morgan fingerprint density at radius 1 is 1.19 bits per heavy atom. The number of rotatable bonds is 3. The van der Waals surface area contributed by atoms with E-state index in [0.717, 1.165) is 35.4 Å². The van der Waals surface area contributed by atoms with E-state index in [2.05, 4.69) is 59.3 Å². The third-order valence-corrected chi connectivity index (χ3v) is 6.48. The van der Waals surface area contributed by atoms with Gasteiger partial charge in [0.05, 0.1) is 34.4 Å². The highest BCUT2D eigenvalue weighted by Gasteiger charge is 2.31. The van der Waals surface area contributed by atoms with Crippen molar-refractivity contribution in [3.05, 3.63) is 59.2 Å². The molecule has 1 atom stereocenters. The van der Waals surface area contributed by atoms with Crippen LogP contribution in [0.2, 0.25) is 0 Å². The number of benzene rings is 2. The number of aromatic amines is 1. The predicted molar refractivity (Wildman–Crippen MR) is 111 cm³/mol. The molecule has 2 aromatic carbocycles. The zero-order valence-electron chi connectivity index (χ0n) is 15.5. The molecular weight excluding hydrogens is 354 g/mol. The summed E-state index contributed by atoms with van der Waals surface area (Å²) in [4.78, 5) is 11.0. The van der Waals surface area contributed by atoms with Crippen LogP contribution in [0.15, 0.2) is 48.5 Å². The monoisotopic (exact) mass is 376 g/mol. The van der Waals surface area contributed by atoms with Crippen LogP contribution in [0.4, 0.5) is 5.69 Å². The molecule has 27 heavy (non-hydrogen) atoms. The molecule has 1 aliphatic rings. The first-order valence-corrected chi connectivity index (χ1v) is 10.2. The summed E-state index contributed by atoms with van der Waals surface area (Å²) in [5.41, 5.74) is 4.67. The van der Waals surface area contributed by atoms with E-state index in [1.54, 1.807) is 7.11 Å². The molecule has 5 heteroatoms. The summed E-state index contributed by atoms with van der Waals surface area (Å²) < 4.78 is 6.75. The van der Waals surface area contributed by atoms with Gasteiger partial charge in [-0.2, -0.15) is 0 Å². The van der Waals surface area contributed by atoms with Crippen molar-refractivity contribution in [2.45, 2.75) is 25.8 Å². The summed E-state index contributed by atoms with van der Waals surface area (Å²) in [5, 5.41) is 2.42. The minimum atomic E-state index is 0.332. The first-order chi connectivity index (χ1) is 13.2. The lowest BCUT2D eigenvalue weighted by Crippen LogP contribution is -2.24. The van der Waals surface area contributed by atoms with Crippen LogP contribution in [0, 0.1) is 6.92 Å². The molecule has 2 aromatic heterocycles. The van der Waals surface area contributed by atoms with Gasteiger partial charge >= 0.3 is 0 Å². The highest BCUT2D eigenvalue weighted by atomic mass is 32.1. The summed E-state index contributed by atoms with van der Waals surface area (Å²) in [7, 11) is 1.72. The van der Waals surface area contributed by atoms with Crippen molar-refractivity contribution >= 4 is 38.1 Å². The molecule has 0 unspecified atom stereocenters. The van der Waals surface area contributed by atoms with Crippen molar-refractivity contribution in [2.75, 3.05) is 18.6 Å². The van der Waals surface area contributed by atoms with Gasteiger partial charge in [0.15, 0.2) is 5.69 Å². The Morgan fingerprint density at radius 3 is 2.93 bits per heavy atom. The number of methoxy groups -OCH3 is 1. The number of nitrogens with one attached hydrogen (secondary N) is 1. The summed E-state index contributed by atoms with van der Waals surface area (Å²) in [6.45, 7) is 3.17. The maximum Gasteiger partial charge on any atom is 0.213 e. The molecule has 136 valence electrons. The van der Waals surface area contributed by atoms with E-state index in [-0.39, 0.29) is 0 Å². The fourth-order valence-corrected chi connectivity index (χ4v) is 5.20. The number of aryl methyl sites for hydroxylation is 1. The lowest BCUT2D eigenvalue weighted by atomic mass is 10.1. The summed E-state index contributed by atoms with van der Waals surface area (Å²) in [6.07, 6.45) is 2.33. The second-order valence-electron chi connectivity index (χ2n) is 7.12. The Balaban J connectivity index is 1.64. The van der Waals surface area contributed by atoms with Crippen LogP contribution < -0.4 is 14.6 Å². The SMILES string of the molecule is COc1ccc2[nH+]c(C)cc(N3CCC[C@@H]3c3nc4ccccc4s3)c2c1. The number of pyridine rings is 1. The van der Waals surface area contributed by atoms with Crippen molar-refractivity contribution in [3.8, 4) is 5.75 Å². The number of thiazole rings is 1. The molecule has 0 bridgehead atoms. The van der Waals surface area contributed by atoms with Gasteiger partial charge in [-0.1, -0.05) is 12.1 Å². The van der Waals surface area contributed by atoms with E-state index in [9.17, 15) is 0 Å². The van der Waals surface area contributed by atoms with Crippen LogP contribution in [0.1, 0.15) is 29.6 Å². The topological polar surface area (TPSA) is 39.5 Å². The number of anilines is 1. The Morgan fingerprint density at radius 2 is 2.07 bits per heavy atom. The number of H-pyrrole nitrogens is 1. The van der Waals surface area contributed by atoms with Crippen molar-refractivity contribution < 1.29 is 9.72 Å². The molecule has 0 aliphatic carbocycles. The molecule has 1 aliphatic heterocycles. The molecule has 3 heterocycles. The lowest BCUT2D eigenvalue weighted by molar-refractivity contribution is -0.354. The molecule has 1 saturated heterocycles. The minimum Gasteiger partial charge on any atom is -0.497 e. The van der Waals surface area contributed by atoms with Crippen LogP contribution in [0.3, 0.4) is 0 Å². The van der Waals surface area contributed by atoms with Crippen LogP contribution in [0.5, 0.6) is 5.75 Å². The number of nitrogens with zero attached hydrogens (tertiary/aromatic N) is 2. The minimum absolute atomic E-state index is 0.332. The maximum atomic E-state index is 5.48. The highest BCUT2D eigenvalue weighted by Crippen LogP contribution is 2.41. The van der Waals surface area contributed by atoms with Crippen molar-refractivity contribution in [2.24, 2.45) is 0 Å². The highest BCUT2D eigenvalue weighted by molar-refractivity contribution is 7.18. The largest absolute Gasteiger partial charge is 0.497 e. The van der Waals surface area contributed by atoms with Gasteiger partial charge in [-0.25, -0.2) is 9.97 Å². The summed E-state index contributed by atoms with van der Waals surface area (Å²) in [6, 6.07) is 17.3. The van der Waals surface area contributed by atoms with Gasteiger partial charge < -0.3 is 9.64 Å². The molecule has 1 fully saturated rings. The predicted octanol–water partition coefficient (Wildman–Crippen LogP) is 4.92. The van der Waals surface area contributed by atoms with Crippen molar-refractivity contribution in [1.29, 1.82) is 0 Å². The fourth-order valence-electron chi connectivity index (χ4n) is 4.08. The van der Waals surface area contributed by atoms with Crippen LogP contribution >= 0.6 is 11.3 Å². The Hall–Kier alpha value is -2.66. The van der Waals surface area contributed by atoms with Gasteiger partial charge in [-0.15, -0.1) is 11.3 Å². The number of aromatic nitrogens is 2. The number of ether oxygens (including phenoxy) is 1. The second kappa shape index (κ2) is 6.50. The third kappa shape index (κ3) is 2.82. The number of para-hydroxylation sites is 1. The van der Waals surface area contributed by atoms with E-state index in [4.69, 9.17) is 9.72 Å². The molecule has 0 saturated carbocycles. The zero-order chi connectivity index (χ0) is 18.4. The Labute approximate surface area is 162 Å². The van der Waals surface area contributed by atoms with E-state index in [1.165, 1.54) is 27.2 Å². The number of hydrogen-bond donors (Lipinski definition) is 0. The molecule has 4 nitrogen and oxygen atoms in total. The van der Waals surface area contributed by atoms with Gasteiger partial charge in [0.1, 0.15) is 10.8 Å². The van der Waals surface area contributed by atoms with E-state index < -0.39 is 0 Å². The molecule has 0 spiro atoms. The fraction of sp³-hybridized carbons (Fsp3) is 0.273. The number of fused-ring (bicyclic) bond motifs is 2. The van der Waals surface area contributed by atoms with Crippen LogP contribution in [-0.4, -0.2) is 18.6 Å². The number of hydrogen-bond acceptors (Lipinski definition) is 4. The second-order valence-corrected chi connectivity index (χ2v) is 8.18. The standard InChI is InChI=1S/C22H21N3OS/c1-14-12-20(16-13-15(26-2)9-10-17(16)23-14)25-11-5-7-19(25)22-24-18-6-3-4-8-21(18)27-22/h3-4,6,8-10,12-13,19H,5,7,11H2,1-2H3/p+1/t19-/m1/s1. The van der Waals surface area contributed by atoms with Crippen molar-refractivity contribution in [1.82, 2.24) is 4.98 Å². The van der Waals surface area contributed by atoms with E-state index >= 15 is 0 Å². The molecular formula is C22H22N3OS+. The van der Waals surface area contributed by atoms with Gasteiger partial charge in [0.25, 0.3) is 0 Å². The first-order valence-electron chi connectivity index (χ1n) is 9.36. The Bertz CT molecular complexity index is 1100. The summed E-state index contributed by atoms with van der Waals surface area (Å²) in [5.74, 6) is 0.886. The normalized spacial score (nSPS) is 17.1. The average molecular weight is 377 g/mol. The van der Waals surface area contributed by atoms with Crippen LogP contribution in [0.25, 0.3) is 21.1 Å². The van der Waals surface area contributed by atoms with E-state index in [1.807, 2.05) is 17.4 Å². The molecule has 4 aromatic rings. The van der Waals surface area contributed by atoms with Gasteiger partial charge in [0.2, 0.25) is 5.52 Å². The molecule has 5 rings (SSSR count). The molecule has 0 radical (unpaired) electrons. The van der Waals surface area contributed by atoms with Gasteiger partial charge in [0, 0.05) is 25.6 Å². The van der Waals surface area contributed by atoms with Gasteiger partial charge in [-0.05, 0) is 37.1 Å². The average Bonchev–Trinajstić information content (AvgIpc) is 3.33. The Kier molecular flexibility index (Phi) is 3.97. The quantitative estimate of drug-likeness (QED) is 0.509. The van der Waals surface area contributed by atoms with E-state index in [0.29, 0.717) is 6.04 Å². The van der Waals surface area contributed by atoms with Crippen LogP contribution in [-0.2, 0) is 0 Å². The van der Waals surface area contributed by atoms with Crippen molar-refractivity contribution in [3.63, 3.8) is 0 Å². The third-order valence-electron chi connectivity index (χ3n) is 5.35. The lowest BCUT2D eigenvalue weighted by Gasteiger charge is -2.26. The molecule has 1 N–H and O–H groups in total. The molecule has 0 amide bonds. The van der Waals surface area contributed by atoms with Gasteiger partial charge in [-0.3, -0.25) is 0 Å².